The van der Waals surface area contributed by atoms with Crippen LogP contribution in [0.4, 0.5) is 0 Å². The van der Waals surface area contributed by atoms with Crippen LogP contribution in [0.3, 0.4) is 0 Å². The number of rotatable bonds is 4. The van der Waals surface area contributed by atoms with Crippen molar-refractivity contribution in [2.75, 3.05) is 13.1 Å². The highest BCUT2D eigenvalue weighted by molar-refractivity contribution is 5.88. The minimum atomic E-state index is -0.827. The van der Waals surface area contributed by atoms with Crippen molar-refractivity contribution in [2.45, 2.75) is 26.7 Å². The molecule has 1 aromatic carbocycles. The number of nitrogens with zero attached hydrogens (tertiary/aromatic N) is 2. The number of pyridine rings is 1. The molecule has 1 amide bonds. The molecule has 1 aliphatic heterocycles. The lowest BCUT2D eigenvalue weighted by Crippen LogP contribution is -2.41. The molecule has 0 saturated carbocycles. The van der Waals surface area contributed by atoms with Crippen molar-refractivity contribution >= 4 is 22.8 Å². The van der Waals surface area contributed by atoms with Gasteiger partial charge in [-0.05, 0) is 24.0 Å². The molecular weight excluding hydrogens is 304 g/mol. The predicted molar refractivity (Wildman–Crippen MR) is 91.6 cm³/mol. The number of hydrogen-bond acceptors (Lipinski definition) is 3. The number of likely N-dealkylation sites (tertiary alicyclic amines) is 1. The number of fused-ring (bicyclic) bond motifs is 1. The van der Waals surface area contributed by atoms with Gasteiger partial charge in [-0.2, -0.15) is 0 Å². The quantitative estimate of drug-likeness (QED) is 0.938. The number of carboxylic acids is 1. The van der Waals surface area contributed by atoms with Crippen LogP contribution >= 0.6 is 0 Å². The molecule has 126 valence electrons. The van der Waals surface area contributed by atoms with Crippen LogP contribution in [0, 0.1) is 11.3 Å². The van der Waals surface area contributed by atoms with Gasteiger partial charge in [0.2, 0.25) is 5.91 Å². The predicted octanol–water partition coefficient (Wildman–Crippen LogP) is 2.74. The highest BCUT2D eigenvalue weighted by Gasteiger charge is 2.48. The zero-order valence-corrected chi connectivity index (χ0v) is 14.0. The molecule has 1 atom stereocenters. The van der Waals surface area contributed by atoms with Gasteiger partial charge in [-0.1, -0.05) is 38.1 Å². The molecular formula is C19H22N2O3. The van der Waals surface area contributed by atoms with Gasteiger partial charge in [0, 0.05) is 24.7 Å². The van der Waals surface area contributed by atoms with E-state index in [4.69, 9.17) is 0 Å². The van der Waals surface area contributed by atoms with E-state index in [1.807, 2.05) is 44.2 Å². The van der Waals surface area contributed by atoms with Gasteiger partial charge in [0.05, 0.1) is 17.4 Å². The Kier molecular flexibility index (Phi) is 4.26. The standard InChI is InChI=1S/C19H22N2O3/c1-13(2)19(18(23)24)8-10-21(12-19)16(22)11-15-6-3-5-14-7-4-9-20-17(14)15/h3-7,9,13H,8,10-12H2,1-2H3,(H,23,24). The van der Waals surface area contributed by atoms with E-state index in [-0.39, 0.29) is 24.8 Å². The Hall–Kier alpha value is -2.43. The van der Waals surface area contributed by atoms with Gasteiger partial charge in [0.1, 0.15) is 0 Å². The van der Waals surface area contributed by atoms with Crippen LogP contribution in [-0.2, 0) is 16.0 Å². The average molecular weight is 326 g/mol. The minimum Gasteiger partial charge on any atom is -0.481 e. The van der Waals surface area contributed by atoms with Crippen LogP contribution in [0.25, 0.3) is 10.9 Å². The molecule has 2 aromatic rings. The Morgan fingerprint density at radius 2 is 2.04 bits per heavy atom. The number of para-hydroxylation sites is 1. The van der Waals surface area contributed by atoms with E-state index < -0.39 is 11.4 Å². The Labute approximate surface area is 141 Å². The summed E-state index contributed by atoms with van der Waals surface area (Å²) in [4.78, 5) is 30.5. The number of carbonyl (C=O) groups is 2. The largest absolute Gasteiger partial charge is 0.481 e. The molecule has 5 heteroatoms. The first-order chi connectivity index (χ1) is 11.4. The lowest BCUT2D eigenvalue weighted by Gasteiger charge is -2.28. The molecule has 1 unspecified atom stereocenters. The molecule has 2 heterocycles. The van der Waals surface area contributed by atoms with Crippen LogP contribution in [0.5, 0.6) is 0 Å². The third-order valence-electron chi connectivity index (χ3n) is 5.24. The topological polar surface area (TPSA) is 70.5 Å². The first-order valence-corrected chi connectivity index (χ1v) is 8.28. The summed E-state index contributed by atoms with van der Waals surface area (Å²) in [6, 6.07) is 9.65. The van der Waals surface area contributed by atoms with Gasteiger partial charge in [-0.3, -0.25) is 14.6 Å². The van der Waals surface area contributed by atoms with E-state index >= 15 is 0 Å². The Morgan fingerprint density at radius 3 is 2.71 bits per heavy atom. The molecule has 0 bridgehead atoms. The smallest absolute Gasteiger partial charge is 0.311 e. The maximum atomic E-state index is 12.7. The Balaban J connectivity index is 1.80. The van der Waals surface area contributed by atoms with Gasteiger partial charge < -0.3 is 10.0 Å². The number of amides is 1. The second-order valence-electron chi connectivity index (χ2n) is 6.85. The van der Waals surface area contributed by atoms with E-state index in [1.165, 1.54) is 0 Å². The molecule has 0 spiro atoms. The first kappa shape index (κ1) is 16.4. The molecule has 0 aliphatic carbocycles. The monoisotopic (exact) mass is 326 g/mol. The van der Waals surface area contributed by atoms with Crippen molar-refractivity contribution < 1.29 is 14.7 Å². The highest BCUT2D eigenvalue weighted by atomic mass is 16.4. The van der Waals surface area contributed by atoms with E-state index in [0.717, 1.165) is 16.5 Å². The molecule has 1 aromatic heterocycles. The summed E-state index contributed by atoms with van der Waals surface area (Å²) in [5.74, 6) is -0.844. The Bertz CT molecular complexity index is 782. The fraction of sp³-hybridized carbons (Fsp3) is 0.421. The number of aliphatic carboxylic acids is 1. The molecule has 24 heavy (non-hydrogen) atoms. The van der Waals surface area contributed by atoms with Gasteiger partial charge in [-0.15, -0.1) is 0 Å². The zero-order chi connectivity index (χ0) is 17.3. The summed E-state index contributed by atoms with van der Waals surface area (Å²) in [6.07, 6.45) is 2.49. The lowest BCUT2D eigenvalue weighted by molar-refractivity contribution is -0.151. The molecule has 1 fully saturated rings. The summed E-state index contributed by atoms with van der Waals surface area (Å²) >= 11 is 0. The second kappa shape index (κ2) is 6.23. The van der Waals surface area contributed by atoms with Crippen molar-refractivity contribution in [3.63, 3.8) is 0 Å². The second-order valence-corrected chi connectivity index (χ2v) is 6.85. The first-order valence-electron chi connectivity index (χ1n) is 8.28. The normalized spacial score (nSPS) is 20.7. The van der Waals surface area contributed by atoms with Gasteiger partial charge in [0.25, 0.3) is 0 Å². The number of carboxylic acid groups (broad SMARTS) is 1. The average Bonchev–Trinajstić information content (AvgIpc) is 3.02. The number of aromatic nitrogens is 1. The minimum absolute atomic E-state index is 0.00739. The van der Waals surface area contributed by atoms with Crippen molar-refractivity contribution in [3.05, 3.63) is 42.1 Å². The summed E-state index contributed by atoms with van der Waals surface area (Å²) in [6.45, 7) is 4.62. The maximum Gasteiger partial charge on any atom is 0.311 e. The molecule has 1 saturated heterocycles. The van der Waals surface area contributed by atoms with Crippen LogP contribution in [0.15, 0.2) is 36.5 Å². The molecule has 0 radical (unpaired) electrons. The lowest BCUT2D eigenvalue weighted by atomic mass is 9.76. The van der Waals surface area contributed by atoms with Gasteiger partial charge in [-0.25, -0.2) is 0 Å². The van der Waals surface area contributed by atoms with Crippen molar-refractivity contribution in [3.8, 4) is 0 Å². The zero-order valence-electron chi connectivity index (χ0n) is 14.0. The van der Waals surface area contributed by atoms with Crippen LogP contribution < -0.4 is 0 Å². The van der Waals surface area contributed by atoms with Gasteiger partial charge >= 0.3 is 5.97 Å². The van der Waals surface area contributed by atoms with E-state index in [2.05, 4.69) is 4.98 Å². The summed E-state index contributed by atoms with van der Waals surface area (Å²) in [7, 11) is 0. The Morgan fingerprint density at radius 1 is 1.29 bits per heavy atom. The number of carbonyl (C=O) groups excluding carboxylic acids is 1. The molecule has 5 nitrogen and oxygen atoms in total. The number of benzene rings is 1. The molecule has 3 rings (SSSR count). The third-order valence-corrected chi connectivity index (χ3v) is 5.24. The summed E-state index contributed by atoms with van der Waals surface area (Å²) < 4.78 is 0. The van der Waals surface area contributed by atoms with E-state index in [9.17, 15) is 14.7 Å². The van der Waals surface area contributed by atoms with Crippen molar-refractivity contribution in [1.29, 1.82) is 0 Å². The van der Waals surface area contributed by atoms with E-state index in [1.54, 1.807) is 11.1 Å². The van der Waals surface area contributed by atoms with Crippen LogP contribution in [-0.4, -0.2) is 40.0 Å². The summed E-state index contributed by atoms with van der Waals surface area (Å²) in [5.41, 5.74) is 0.892. The van der Waals surface area contributed by atoms with E-state index in [0.29, 0.717) is 13.0 Å². The van der Waals surface area contributed by atoms with Crippen molar-refractivity contribution in [1.82, 2.24) is 9.88 Å². The molecule has 1 N–H and O–H groups in total. The number of hydrogen-bond donors (Lipinski definition) is 1. The van der Waals surface area contributed by atoms with Gasteiger partial charge in [0.15, 0.2) is 0 Å². The fourth-order valence-corrected chi connectivity index (χ4v) is 3.52. The fourth-order valence-electron chi connectivity index (χ4n) is 3.52. The maximum absolute atomic E-state index is 12.7. The van der Waals surface area contributed by atoms with Crippen LogP contribution in [0.1, 0.15) is 25.8 Å². The van der Waals surface area contributed by atoms with Crippen LogP contribution in [0.2, 0.25) is 0 Å². The van der Waals surface area contributed by atoms with Crippen molar-refractivity contribution in [2.24, 2.45) is 11.3 Å². The SMILES string of the molecule is CC(C)C1(C(=O)O)CCN(C(=O)Cc2cccc3cccnc23)C1. The third kappa shape index (κ3) is 2.75. The summed E-state index contributed by atoms with van der Waals surface area (Å²) in [5, 5.41) is 10.6. The highest BCUT2D eigenvalue weighted by Crippen LogP contribution is 2.38. The molecule has 1 aliphatic rings.